The highest BCUT2D eigenvalue weighted by molar-refractivity contribution is 5.86. The van der Waals surface area contributed by atoms with Gasteiger partial charge in [0.1, 0.15) is 0 Å². The van der Waals surface area contributed by atoms with Crippen LogP contribution in [0.15, 0.2) is 12.1 Å². The Balaban J connectivity index is 2.16. The standard InChI is InChI=1S/C13H15N3O3/c1-8-6-12-14-10(13(17)18)7-11(16(12)15-8)9-2-4-19-5-3-9/h6-7,9H,2-5H2,1H3,(H,17,18). The van der Waals surface area contributed by atoms with Gasteiger partial charge in [0, 0.05) is 25.2 Å². The summed E-state index contributed by atoms with van der Waals surface area (Å²) in [6.45, 7) is 3.29. The van der Waals surface area contributed by atoms with Gasteiger partial charge in [-0.3, -0.25) is 0 Å². The third-order valence-corrected chi connectivity index (χ3v) is 3.44. The molecule has 0 bridgehead atoms. The van der Waals surface area contributed by atoms with Gasteiger partial charge in [-0.15, -0.1) is 0 Å². The maximum absolute atomic E-state index is 11.2. The number of hydrogen-bond donors (Lipinski definition) is 1. The summed E-state index contributed by atoms with van der Waals surface area (Å²) in [5, 5.41) is 13.6. The largest absolute Gasteiger partial charge is 0.477 e. The lowest BCUT2D eigenvalue weighted by Gasteiger charge is -2.22. The molecule has 0 spiro atoms. The van der Waals surface area contributed by atoms with E-state index in [1.54, 1.807) is 16.6 Å². The summed E-state index contributed by atoms with van der Waals surface area (Å²) in [5.41, 5.74) is 2.43. The summed E-state index contributed by atoms with van der Waals surface area (Å²) >= 11 is 0. The Hall–Kier alpha value is -1.95. The van der Waals surface area contributed by atoms with Gasteiger partial charge in [-0.2, -0.15) is 5.10 Å². The number of carbonyl (C=O) groups is 1. The van der Waals surface area contributed by atoms with Crippen LogP contribution in [0.2, 0.25) is 0 Å². The first-order chi connectivity index (χ1) is 9.15. The topological polar surface area (TPSA) is 76.7 Å². The molecule has 3 heterocycles. The van der Waals surface area contributed by atoms with Gasteiger partial charge in [-0.1, -0.05) is 0 Å². The zero-order chi connectivity index (χ0) is 13.4. The van der Waals surface area contributed by atoms with Crippen molar-refractivity contribution >= 4 is 11.6 Å². The normalized spacial score (nSPS) is 16.9. The van der Waals surface area contributed by atoms with E-state index < -0.39 is 5.97 Å². The van der Waals surface area contributed by atoms with Gasteiger partial charge in [-0.25, -0.2) is 14.3 Å². The minimum Gasteiger partial charge on any atom is -0.477 e. The van der Waals surface area contributed by atoms with Crippen LogP contribution >= 0.6 is 0 Å². The lowest BCUT2D eigenvalue weighted by Crippen LogP contribution is -2.18. The summed E-state index contributed by atoms with van der Waals surface area (Å²) in [5.74, 6) is -0.730. The van der Waals surface area contributed by atoms with Crippen molar-refractivity contribution in [2.24, 2.45) is 0 Å². The van der Waals surface area contributed by atoms with Crippen LogP contribution in [0.3, 0.4) is 0 Å². The van der Waals surface area contributed by atoms with Gasteiger partial charge in [0.05, 0.1) is 11.4 Å². The fourth-order valence-corrected chi connectivity index (χ4v) is 2.51. The second-order valence-electron chi connectivity index (χ2n) is 4.81. The molecule has 0 radical (unpaired) electrons. The number of aromatic carboxylic acids is 1. The third-order valence-electron chi connectivity index (χ3n) is 3.44. The molecule has 0 saturated carbocycles. The van der Waals surface area contributed by atoms with Crippen LogP contribution in [0, 0.1) is 6.92 Å². The van der Waals surface area contributed by atoms with E-state index in [0.717, 1.165) is 24.2 Å². The lowest BCUT2D eigenvalue weighted by molar-refractivity contribution is 0.0689. The van der Waals surface area contributed by atoms with Crippen molar-refractivity contribution in [3.05, 3.63) is 29.2 Å². The molecule has 1 fully saturated rings. The second kappa shape index (κ2) is 4.62. The first-order valence-electron chi connectivity index (χ1n) is 6.33. The van der Waals surface area contributed by atoms with E-state index in [1.165, 1.54) is 0 Å². The molecule has 100 valence electrons. The van der Waals surface area contributed by atoms with E-state index in [0.29, 0.717) is 18.9 Å². The summed E-state index contributed by atoms with van der Waals surface area (Å²) in [7, 11) is 0. The van der Waals surface area contributed by atoms with E-state index in [9.17, 15) is 4.79 Å². The number of ether oxygens (including phenoxy) is 1. The molecule has 1 aliphatic rings. The summed E-state index contributed by atoms with van der Waals surface area (Å²) in [6.07, 6.45) is 1.77. The fraction of sp³-hybridized carbons (Fsp3) is 0.462. The van der Waals surface area contributed by atoms with Crippen LogP contribution in [0.1, 0.15) is 40.6 Å². The zero-order valence-corrected chi connectivity index (χ0v) is 10.7. The molecule has 2 aromatic rings. The van der Waals surface area contributed by atoms with Crippen molar-refractivity contribution in [1.29, 1.82) is 0 Å². The smallest absolute Gasteiger partial charge is 0.354 e. The highest BCUT2D eigenvalue weighted by atomic mass is 16.5. The van der Waals surface area contributed by atoms with Crippen LogP contribution in [0.4, 0.5) is 0 Å². The summed E-state index contributed by atoms with van der Waals surface area (Å²) in [6, 6.07) is 3.44. The van der Waals surface area contributed by atoms with Crippen molar-refractivity contribution in [3.63, 3.8) is 0 Å². The molecule has 19 heavy (non-hydrogen) atoms. The van der Waals surface area contributed by atoms with Crippen LogP contribution in [0.25, 0.3) is 5.65 Å². The third kappa shape index (κ3) is 2.19. The lowest BCUT2D eigenvalue weighted by atomic mass is 9.96. The van der Waals surface area contributed by atoms with E-state index in [2.05, 4.69) is 10.1 Å². The molecule has 1 saturated heterocycles. The van der Waals surface area contributed by atoms with Crippen molar-refractivity contribution in [3.8, 4) is 0 Å². The predicted molar refractivity (Wildman–Crippen MR) is 67.5 cm³/mol. The van der Waals surface area contributed by atoms with Crippen molar-refractivity contribution in [2.75, 3.05) is 13.2 Å². The van der Waals surface area contributed by atoms with Crippen molar-refractivity contribution in [1.82, 2.24) is 14.6 Å². The highest BCUT2D eigenvalue weighted by Gasteiger charge is 2.22. The van der Waals surface area contributed by atoms with Crippen molar-refractivity contribution in [2.45, 2.75) is 25.7 Å². The molecule has 0 atom stereocenters. The average molecular weight is 261 g/mol. The second-order valence-corrected chi connectivity index (χ2v) is 4.81. The first kappa shape index (κ1) is 12.1. The molecular weight excluding hydrogens is 246 g/mol. The maximum atomic E-state index is 11.2. The molecule has 1 aliphatic heterocycles. The number of fused-ring (bicyclic) bond motifs is 1. The maximum Gasteiger partial charge on any atom is 0.354 e. The number of hydrogen-bond acceptors (Lipinski definition) is 4. The number of rotatable bonds is 2. The van der Waals surface area contributed by atoms with Crippen LogP contribution in [-0.4, -0.2) is 38.9 Å². The number of aryl methyl sites for hydroxylation is 1. The number of carboxylic acids is 1. The molecule has 1 N–H and O–H groups in total. The Labute approximate surface area is 110 Å². The zero-order valence-electron chi connectivity index (χ0n) is 10.7. The SMILES string of the molecule is Cc1cc2nc(C(=O)O)cc(C3CCOCC3)n2n1. The summed E-state index contributed by atoms with van der Waals surface area (Å²) in [4.78, 5) is 15.3. The molecule has 0 aliphatic carbocycles. The van der Waals surface area contributed by atoms with Gasteiger partial charge < -0.3 is 9.84 Å². The Morgan fingerprint density at radius 2 is 2.16 bits per heavy atom. The Morgan fingerprint density at radius 3 is 2.84 bits per heavy atom. The Morgan fingerprint density at radius 1 is 1.42 bits per heavy atom. The molecule has 3 rings (SSSR count). The molecule has 6 nitrogen and oxygen atoms in total. The van der Waals surface area contributed by atoms with Crippen LogP contribution in [-0.2, 0) is 4.74 Å². The van der Waals surface area contributed by atoms with Crippen molar-refractivity contribution < 1.29 is 14.6 Å². The molecule has 2 aromatic heterocycles. The average Bonchev–Trinajstić information content (AvgIpc) is 2.78. The van der Waals surface area contributed by atoms with Gasteiger partial charge in [0.25, 0.3) is 0 Å². The van der Waals surface area contributed by atoms with Gasteiger partial charge in [0.2, 0.25) is 0 Å². The predicted octanol–water partition coefficient (Wildman–Crippen LogP) is 1.63. The number of aromatic nitrogens is 3. The van der Waals surface area contributed by atoms with E-state index in [1.807, 2.05) is 6.92 Å². The number of nitrogens with zero attached hydrogens (tertiary/aromatic N) is 3. The monoisotopic (exact) mass is 261 g/mol. The van der Waals surface area contributed by atoms with E-state index >= 15 is 0 Å². The Bertz CT molecular complexity index is 629. The molecular formula is C13H15N3O3. The highest BCUT2D eigenvalue weighted by Crippen LogP contribution is 2.27. The molecule has 0 aromatic carbocycles. The van der Waals surface area contributed by atoms with E-state index in [4.69, 9.17) is 9.84 Å². The summed E-state index contributed by atoms with van der Waals surface area (Å²) < 4.78 is 7.12. The molecule has 6 heteroatoms. The molecule has 0 unspecified atom stereocenters. The van der Waals surface area contributed by atoms with Gasteiger partial charge >= 0.3 is 5.97 Å². The fourth-order valence-electron chi connectivity index (χ4n) is 2.51. The van der Waals surface area contributed by atoms with E-state index in [-0.39, 0.29) is 11.6 Å². The van der Waals surface area contributed by atoms with Gasteiger partial charge in [0.15, 0.2) is 11.3 Å². The van der Waals surface area contributed by atoms with Gasteiger partial charge in [-0.05, 0) is 25.8 Å². The first-order valence-corrected chi connectivity index (χ1v) is 6.33. The number of carboxylic acid groups (broad SMARTS) is 1. The minimum atomic E-state index is -1.00. The van der Waals surface area contributed by atoms with Crippen LogP contribution in [0.5, 0.6) is 0 Å². The minimum absolute atomic E-state index is 0.0777. The molecule has 0 amide bonds. The quantitative estimate of drug-likeness (QED) is 0.889. The Kier molecular flexibility index (Phi) is 2.94. The van der Waals surface area contributed by atoms with Crippen LogP contribution < -0.4 is 0 Å².